The molecule has 4 heteroatoms. The Balaban J connectivity index is 1.59. The Labute approximate surface area is 152 Å². The molecule has 1 fully saturated rings. The van der Waals surface area contributed by atoms with Gasteiger partial charge in [-0.1, -0.05) is 48.5 Å². The van der Waals surface area contributed by atoms with Crippen LogP contribution in [0.5, 0.6) is 0 Å². The van der Waals surface area contributed by atoms with Gasteiger partial charge in [0.2, 0.25) is 0 Å². The maximum Gasteiger partial charge on any atom is 0.339 e. The van der Waals surface area contributed by atoms with Gasteiger partial charge in [-0.15, -0.1) is 0 Å². The molecule has 0 unspecified atom stereocenters. The standard InChI is InChI=1S/C22H21NO3/c1-14(15-10-11-15)23-20(24)13-26-22(25)21-18-8-4-2-6-16(18)12-17-7-3-5-9-19(17)21/h2-9,12,14-15H,10-11,13H2,1H3,(H,23,24)/t14-/m1/s1. The normalized spacial score (nSPS) is 15.0. The van der Waals surface area contributed by atoms with Crippen LogP contribution >= 0.6 is 0 Å². The van der Waals surface area contributed by atoms with E-state index in [0.29, 0.717) is 11.5 Å². The Kier molecular flexibility index (Phi) is 4.33. The molecule has 1 aliphatic rings. The lowest BCUT2D eigenvalue weighted by Gasteiger charge is -2.14. The molecule has 0 aliphatic heterocycles. The van der Waals surface area contributed by atoms with E-state index in [1.807, 2.05) is 55.5 Å². The van der Waals surface area contributed by atoms with Gasteiger partial charge in [0, 0.05) is 6.04 Å². The average Bonchev–Trinajstić information content (AvgIpc) is 3.49. The molecule has 4 nitrogen and oxygen atoms in total. The van der Waals surface area contributed by atoms with E-state index in [1.165, 1.54) is 0 Å². The minimum absolute atomic E-state index is 0.139. The molecule has 1 N–H and O–H groups in total. The van der Waals surface area contributed by atoms with Gasteiger partial charge >= 0.3 is 5.97 Å². The molecule has 0 saturated heterocycles. The van der Waals surface area contributed by atoms with Gasteiger partial charge < -0.3 is 10.1 Å². The second-order valence-electron chi connectivity index (χ2n) is 6.96. The highest BCUT2D eigenvalue weighted by Gasteiger charge is 2.29. The van der Waals surface area contributed by atoms with Crippen molar-refractivity contribution in [3.05, 3.63) is 60.2 Å². The van der Waals surface area contributed by atoms with Crippen LogP contribution < -0.4 is 5.32 Å². The van der Waals surface area contributed by atoms with Crippen LogP contribution in [0.4, 0.5) is 0 Å². The van der Waals surface area contributed by atoms with Gasteiger partial charge in [-0.2, -0.15) is 0 Å². The summed E-state index contributed by atoms with van der Waals surface area (Å²) in [6, 6.07) is 17.7. The van der Waals surface area contributed by atoms with Crippen molar-refractivity contribution in [3.8, 4) is 0 Å². The Hall–Kier alpha value is -2.88. The zero-order valence-corrected chi connectivity index (χ0v) is 14.7. The summed E-state index contributed by atoms with van der Waals surface area (Å²) in [7, 11) is 0. The summed E-state index contributed by atoms with van der Waals surface area (Å²) in [4.78, 5) is 24.9. The number of carbonyl (C=O) groups excluding carboxylic acids is 2. The second kappa shape index (κ2) is 6.79. The van der Waals surface area contributed by atoms with E-state index in [-0.39, 0.29) is 18.6 Å². The first-order valence-corrected chi connectivity index (χ1v) is 9.00. The zero-order chi connectivity index (χ0) is 18.1. The molecule has 132 valence electrons. The fourth-order valence-electron chi connectivity index (χ4n) is 3.45. The summed E-state index contributed by atoms with van der Waals surface area (Å²) in [5, 5.41) is 6.53. The number of hydrogen-bond acceptors (Lipinski definition) is 3. The molecule has 1 saturated carbocycles. The van der Waals surface area contributed by atoms with Crippen molar-refractivity contribution in [1.29, 1.82) is 0 Å². The first-order valence-electron chi connectivity index (χ1n) is 9.00. The van der Waals surface area contributed by atoms with E-state index in [2.05, 4.69) is 11.4 Å². The largest absolute Gasteiger partial charge is 0.452 e. The van der Waals surface area contributed by atoms with Crippen molar-refractivity contribution in [2.24, 2.45) is 5.92 Å². The van der Waals surface area contributed by atoms with Crippen molar-refractivity contribution >= 4 is 33.4 Å². The molecule has 1 amide bonds. The lowest BCUT2D eigenvalue weighted by atomic mass is 9.97. The van der Waals surface area contributed by atoms with Gasteiger partial charge in [-0.25, -0.2) is 4.79 Å². The first kappa shape index (κ1) is 16.6. The molecular formula is C22H21NO3. The van der Waals surface area contributed by atoms with E-state index in [9.17, 15) is 9.59 Å². The van der Waals surface area contributed by atoms with Gasteiger partial charge in [-0.05, 0) is 53.3 Å². The summed E-state index contributed by atoms with van der Waals surface area (Å²) in [6.45, 7) is 1.74. The van der Waals surface area contributed by atoms with Gasteiger partial charge in [-0.3, -0.25) is 4.79 Å². The summed E-state index contributed by atoms with van der Waals surface area (Å²) in [5.74, 6) is -0.147. The molecule has 1 atom stereocenters. The minimum atomic E-state index is -0.466. The van der Waals surface area contributed by atoms with Crippen molar-refractivity contribution in [1.82, 2.24) is 5.32 Å². The van der Waals surface area contributed by atoms with E-state index < -0.39 is 5.97 Å². The third-order valence-corrected chi connectivity index (χ3v) is 5.03. The second-order valence-corrected chi connectivity index (χ2v) is 6.96. The predicted molar refractivity (Wildman–Crippen MR) is 102 cm³/mol. The molecule has 1 aliphatic carbocycles. The highest BCUT2D eigenvalue weighted by molar-refractivity contribution is 6.16. The summed E-state index contributed by atoms with van der Waals surface area (Å²) >= 11 is 0. The fraction of sp³-hybridized carbons (Fsp3) is 0.273. The number of benzene rings is 3. The molecule has 26 heavy (non-hydrogen) atoms. The van der Waals surface area contributed by atoms with Crippen LogP contribution in [0.25, 0.3) is 21.5 Å². The quantitative estimate of drug-likeness (QED) is 0.559. The molecule has 0 aromatic heterocycles. The van der Waals surface area contributed by atoms with E-state index in [0.717, 1.165) is 34.4 Å². The lowest BCUT2D eigenvalue weighted by molar-refractivity contribution is -0.124. The summed E-state index contributed by atoms with van der Waals surface area (Å²) in [6.07, 6.45) is 2.31. The monoisotopic (exact) mass is 347 g/mol. The number of carbonyl (C=O) groups is 2. The van der Waals surface area contributed by atoms with Crippen LogP contribution in [0.2, 0.25) is 0 Å². The highest BCUT2D eigenvalue weighted by Crippen LogP contribution is 2.32. The number of amides is 1. The Morgan fingerprint density at radius 3 is 2.19 bits per heavy atom. The SMILES string of the molecule is C[C@@H](NC(=O)COC(=O)c1c2ccccc2cc2ccccc12)C1CC1. The molecule has 3 aromatic carbocycles. The van der Waals surface area contributed by atoms with E-state index in [1.54, 1.807) is 0 Å². The Bertz CT molecular complexity index is 937. The number of hydrogen-bond donors (Lipinski definition) is 1. The van der Waals surface area contributed by atoms with Crippen molar-refractivity contribution in [3.63, 3.8) is 0 Å². The van der Waals surface area contributed by atoms with Gasteiger partial charge in [0.1, 0.15) is 0 Å². The number of fused-ring (bicyclic) bond motifs is 2. The van der Waals surface area contributed by atoms with Crippen molar-refractivity contribution in [2.45, 2.75) is 25.8 Å². The van der Waals surface area contributed by atoms with Crippen LogP contribution in [-0.2, 0) is 9.53 Å². The predicted octanol–water partition coefficient (Wildman–Crippen LogP) is 4.06. The Morgan fingerprint density at radius 1 is 1.04 bits per heavy atom. The highest BCUT2D eigenvalue weighted by atomic mass is 16.5. The van der Waals surface area contributed by atoms with E-state index >= 15 is 0 Å². The van der Waals surface area contributed by atoms with Crippen LogP contribution in [-0.4, -0.2) is 24.5 Å². The Morgan fingerprint density at radius 2 is 1.62 bits per heavy atom. The topological polar surface area (TPSA) is 55.4 Å². The molecule has 0 spiro atoms. The molecule has 3 aromatic rings. The fourth-order valence-corrected chi connectivity index (χ4v) is 3.45. The minimum Gasteiger partial charge on any atom is -0.452 e. The maximum atomic E-state index is 12.8. The third kappa shape index (κ3) is 3.27. The number of nitrogens with one attached hydrogen (secondary N) is 1. The third-order valence-electron chi connectivity index (χ3n) is 5.03. The van der Waals surface area contributed by atoms with Crippen LogP contribution in [0, 0.1) is 5.92 Å². The summed E-state index contributed by atoms with van der Waals surface area (Å²) < 4.78 is 5.36. The van der Waals surface area contributed by atoms with Crippen molar-refractivity contribution in [2.75, 3.05) is 6.61 Å². The maximum absolute atomic E-state index is 12.8. The smallest absolute Gasteiger partial charge is 0.339 e. The lowest BCUT2D eigenvalue weighted by Crippen LogP contribution is -2.37. The molecule has 0 bridgehead atoms. The van der Waals surface area contributed by atoms with E-state index in [4.69, 9.17) is 4.74 Å². The summed E-state index contributed by atoms with van der Waals surface area (Å²) in [5.41, 5.74) is 0.516. The number of esters is 1. The number of rotatable bonds is 5. The molecular weight excluding hydrogens is 326 g/mol. The number of ether oxygens (including phenoxy) is 1. The zero-order valence-electron chi connectivity index (χ0n) is 14.7. The first-order chi connectivity index (χ1) is 12.6. The molecule has 0 heterocycles. The van der Waals surface area contributed by atoms with Crippen LogP contribution in [0.3, 0.4) is 0 Å². The van der Waals surface area contributed by atoms with Crippen LogP contribution in [0.1, 0.15) is 30.1 Å². The van der Waals surface area contributed by atoms with Gasteiger partial charge in [0.05, 0.1) is 5.56 Å². The average molecular weight is 347 g/mol. The van der Waals surface area contributed by atoms with Crippen molar-refractivity contribution < 1.29 is 14.3 Å². The van der Waals surface area contributed by atoms with Gasteiger partial charge in [0.15, 0.2) is 6.61 Å². The van der Waals surface area contributed by atoms with Crippen LogP contribution in [0.15, 0.2) is 54.6 Å². The van der Waals surface area contributed by atoms with Gasteiger partial charge in [0.25, 0.3) is 5.91 Å². The molecule has 0 radical (unpaired) electrons. The molecule has 4 rings (SSSR count).